The Morgan fingerprint density at radius 2 is 1.96 bits per heavy atom. The fourth-order valence-corrected chi connectivity index (χ4v) is 4.59. The van der Waals surface area contributed by atoms with Crippen LogP contribution >= 0.6 is 11.8 Å². The summed E-state index contributed by atoms with van der Waals surface area (Å²) >= 11 is 1.46. The highest BCUT2D eigenvalue weighted by Gasteiger charge is 2.28. The Hall–Kier alpha value is -1.76. The molecule has 148 valence electrons. The van der Waals surface area contributed by atoms with Crippen molar-refractivity contribution in [3.8, 4) is 0 Å². The van der Waals surface area contributed by atoms with Gasteiger partial charge >= 0.3 is 0 Å². The van der Waals surface area contributed by atoms with E-state index in [4.69, 9.17) is 4.42 Å². The van der Waals surface area contributed by atoms with Crippen LogP contribution in [0.25, 0.3) is 0 Å². The van der Waals surface area contributed by atoms with E-state index in [2.05, 4.69) is 33.5 Å². The minimum atomic E-state index is -0.348. The Labute approximate surface area is 165 Å². The third-order valence-corrected chi connectivity index (χ3v) is 5.88. The summed E-state index contributed by atoms with van der Waals surface area (Å²) in [6.45, 7) is 12.9. The molecule has 3 heterocycles. The van der Waals surface area contributed by atoms with Gasteiger partial charge in [-0.3, -0.25) is 9.36 Å². The van der Waals surface area contributed by atoms with Crippen molar-refractivity contribution in [3.63, 3.8) is 0 Å². The number of furan rings is 1. The van der Waals surface area contributed by atoms with Crippen LogP contribution in [0.4, 0.5) is 5.95 Å². The Bertz CT molecular complexity index is 754. The van der Waals surface area contributed by atoms with E-state index in [1.165, 1.54) is 18.2 Å². The first-order valence-electron chi connectivity index (χ1n) is 9.60. The molecule has 0 N–H and O–H groups in total. The second-order valence-electron chi connectivity index (χ2n) is 8.76. The monoisotopic (exact) mass is 390 g/mol. The Kier molecular flexibility index (Phi) is 5.99. The molecule has 1 aliphatic rings. The Morgan fingerprint density at radius 3 is 2.56 bits per heavy atom. The van der Waals surface area contributed by atoms with Gasteiger partial charge in [-0.15, -0.1) is 10.2 Å². The molecule has 2 unspecified atom stereocenters. The standard InChI is InChI=1S/C20H30N4O2S/c1-14-9-15(2)11-23(10-14)18-21-22-19(27-13-17(25)20(3,4)5)24(18)12-16-7-6-8-26-16/h6-8,14-15H,9-13H2,1-5H3. The van der Waals surface area contributed by atoms with Gasteiger partial charge in [0.05, 0.1) is 18.6 Å². The van der Waals surface area contributed by atoms with Crippen molar-refractivity contribution in [3.05, 3.63) is 24.2 Å². The number of carbonyl (C=O) groups excluding carboxylic acids is 1. The van der Waals surface area contributed by atoms with E-state index in [9.17, 15) is 4.79 Å². The SMILES string of the molecule is CC1CC(C)CN(c2nnc(SCC(=O)C(C)(C)C)n2Cc2ccco2)C1. The quantitative estimate of drug-likeness (QED) is 0.692. The molecule has 0 aromatic carbocycles. The number of hydrogen-bond donors (Lipinski definition) is 0. The highest BCUT2D eigenvalue weighted by atomic mass is 32.2. The molecule has 0 spiro atoms. The summed E-state index contributed by atoms with van der Waals surface area (Å²) in [5.74, 6) is 3.59. The summed E-state index contributed by atoms with van der Waals surface area (Å²) in [7, 11) is 0. The zero-order valence-corrected chi connectivity index (χ0v) is 17.8. The zero-order valence-electron chi connectivity index (χ0n) is 16.9. The molecule has 0 bridgehead atoms. The van der Waals surface area contributed by atoms with E-state index in [0.717, 1.165) is 30.0 Å². The summed E-state index contributed by atoms with van der Waals surface area (Å²) in [4.78, 5) is 14.7. The van der Waals surface area contributed by atoms with E-state index in [-0.39, 0.29) is 11.2 Å². The fraction of sp³-hybridized carbons (Fsp3) is 0.650. The molecule has 1 saturated heterocycles. The average Bonchev–Trinajstić information content (AvgIpc) is 3.21. The minimum Gasteiger partial charge on any atom is -0.467 e. The molecule has 3 rings (SSSR count). The van der Waals surface area contributed by atoms with Crippen molar-refractivity contribution in [1.82, 2.24) is 14.8 Å². The van der Waals surface area contributed by atoms with Gasteiger partial charge in [0.15, 0.2) is 5.16 Å². The summed E-state index contributed by atoms with van der Waals surface area (Å²) < 4.78 is 7.64. The molecular weight excluding hydrogens is 360 g/mol. The van der Waals surface area contributed by atoms with Crippen LogP contribution in [0.3, 0.4) is 0 Å². The number of aromatic nitrogens is 3. The third-order valence-electron chi connectivity index (χ3n) is 4.91. The average molecular weight is 391 g/mol. The summed E-state index contributed by atoms with van der Waals surface area (Å²) in [5, 5.41) is 9.68. The summed E-state index contributed by atoms with van der Waals surface area (Å²) in [6.07, 6.45) is 2.92. The molecular formula is C20H30N4O2S. The van der Waals surface area contributed by atoms with Gasteiger partial charge < -0.3 is 9.32 Å². The molecule has 0 amide bonds. The smallest absolute Gasteiger partial charge is 0.228 e. The van der Waals surface area contributed by atoms with Crippen LogP contribution in [-0.4, -0.2) is 39.4 Å². The highest BCUT2D eigenvalue weighted by molar-refractivity contribution is 7.99. The first-order chi connectivity index (χ1) is 12.7. The lowest BCUT2D eigenvalue weighted by Crippen LogP contribution is -2.40. The molecule has 2 atom stereocenters. The number of hydrogen-bond acceptors (Lipinski definition) is 6. The normalized spacial score (nSPS) is 20.9. The number of Topliss-reactive ketones (excluding diaryl/α,β-unsaturated/α-hetero) is 1. The molecule has 1 fully saturated rings. The Balaban J connectivity index is 1.85. The van der Waals surface area contributed by atoms with Crippen LogP contribution in [0.15, 0.2) is 28.0 Å². The van der Waals surface area contributed by atoms with Crippen LogP contribution in [0.5, 0.6) is 0 Å². The van der Waals surface area contributed by atoms with E-state index in [1.807, 2.05) is 32.9 Å². The number of ketones is 1. The van der Waals surface area contributed by atoms with Gasteiger partial charge in [-0.2, -0.15) is 0 Å². The first kappa shape index (κ1) is 20.0. The molecule has 27 heavy (non-hydrogen) atoms. The lowest BCUT2D eigenvalue weighted by atomic mass is 9.92. The number of anilines is 1. The van der Waals surface area contributed by atoms with Gasteiger partial charge in [-0.1, -0.05) is 46.4 Å². The van der Waals surface area contributed by atoms with Gasteiger partial charge in [0.1, 0.15) is 11.5 Å². The summed E-state index contributed by atoms with van der Waals surface area (Å²) in [6, 6.07) is 3.85. The van der Waals surface area contributed by atoms with Crippen molar-refractivity contribution in [2.24, 2.45) is 17.3 Å². The minimum absolute atomic E-state index is 0.210. The van der Waals surface area contributed by atoms with Gasteiger partial charge in [-0.05, 0) is 30.4 Å². The van der Waals surface area contributed by atoms with Crippen molar-refractivity contribution in [2.45, 2.75) is 52.7 Å². The van der Waals surface area contributed by atoms with E-state index >= 15 is 0 Å². The number of nitrogens with zero attached hydrogens (tertiary/aromatic N) is 4. The molecule has 7 heteroatoms. The van der Waals surface area contributed by atoms with Crippen molar-refractivity contribution in [2.75, 3.05) is 23.7 Å². The predicted molar refractivity (Wildman–Crippen MR) is 108 cm³/mol. The number of carbonyl (C=O) groups is 1. The van der Waals surface area contributed by atoms with Crippen LogP contribution in [0.1, 0.15) is 46.8 Å². The second kappa shape index (κ2) is 8.09. The van der Waals surface area contributed by atoms with Crippen LogP contribution in [0.2, 0.25) is 0 Å². The van der Waals surface area contributed by atoms with E-state index in [0.29, 0.717) is 24.1 Å². The van der Waals surface area contributed by atoms with Crippen LogP contribution < -0.4 is 4.90 Å². The van der Waals surface area contributed by atoms with E-state index < -0.39 is 0 Å². The predicted octanol–water partition coefficient (Wildman–Crippen LogP) is 4.11. The summed E-state index contributed by atoms with van der Waals surface area (Å²) in [5.41, 5.74) is -0.348. The van der Waals surface area contributed by atoms with Crippen LogP contribution in [0, 0.1) is 17.3 Å². The number of rotatable bonds is 6. The van der Waals surface area contributed by atoms with Crippen LogP contribution in [-0.2, 0) is 11.3 Å². The van der Waals surface area contributed by atoms with Crippen molar-refractivity contribution >= 4 is 23.5 Å². The molecule has 2 aromatic rings. The highest BCUT2D eigenvalue weighted by Crippen LogP contribution is 2.30. The van der Waals surface area contributed by atoms with Crippen molar-refractivity contribution in [1.29, 1.82) is 0 Å². The van der Waals surface area contributed by atoms with E-state index in [1.54, 1.807) is 6.26 Å². The van der Waals surface area contributed by atoms with Crippen molar-refractivity contribution < 1.29 is 9.21 Å². The lowest BCUT2D eigenvalue weighted by molar-refractivity contribution is -0.123. The number of thioether (sulfide) groups is 1. The molecule has 6 nitrogen and oxygen atoms in total. The molecule has 1 aliphatic heterocycles. The maximum atomic E-state index is 12.4. The third kappa shape index (κ3) is 4.94. The molecule has 0 saturated carbocycles. The number of piperidine rings is 1. The van der Waals surface area contributed by atoms with Gasteiger partial charge in [0, 0.05) is 18.5 Å². The Morgan fingerprint density at radius 1 is 1.26 bits per heavy atom. The fourth-order valence-electron chi connectivity index (χ4n) is 3.49. The lowest BCUT2D eigenvalue weighted by Gasteiger charge is -2.35. The van der Waals surface area contributed by atoms with Gasteiger partial charge in [-0.25, -0.2) is 0 Å². The van der Waals surface area contributed by atoms with Gasteiger partial charge in [0.25, 0.3) is 0 Å². The first-order valence-corrected chi connectivity index (χ1v) is 10.6. The molecule has 2 aromatic heterocycles. The zero-order chi connectivity index (χ0) is 19.6. The molecule has 0 aliphatic carbocycles. The maximum Gasteiger partial charge on any atom is 0.228 e. The largest absolute Gasteiger partial charge is 0.467 e. The molecule has 0 radical (unpaired) electrons. The van der Waals surface area contributed by atoms with Gasteiger partial charge in [0.2, 0.25) is 5.95 Å². The topological polar surface area (TPSA) is 64.2 Å². The second-order valence-corrected chi connectivity index (χ2v) is 9.70. The maximum absolute atomic E-state index is 12.4.